The van der Waals surface area contributed by atoms with Gasteiger partial charge in [0.15, 0.2) is 5.82 Å². The summed E-state index contributed by atoms with van der Waals surface area (Å²) >= 11 is 11.4. The van der Waals surface area contributed by atoms with Crippen LogP contribution in [-0.2, 0) is 16.1 Å². The Kier molecular flexibility index (Phi) is 3.18. The average Bonchev–Trinajstić information content (AvgIpc) is 1.99. The van der Waals surface area contributed by atoms with Gasteiger partial charge in [0.05, 0.1) is 13.2 Å². The zero-order chi connectivity index (χ0) is 9.97. The van der Waals surface area contributed by atoms with Crippen LogP contribution in [0.15, 0.2) is 6.07 Å². The first-order chi connectivity index (χ1) is 6.74. The molecule has 0 unspecified atom stereocenters. The summed E-state index contributed by atoms with van der Waals surface area (Å²) < 4.78 is 10.4. The van der Waals surface area contributed by atoms with Crippen LogP contribution in [-0.4, -0.2) is 29.3 Å². The minimum atomic E-state index is 0.149. The van der Waals surface area contributed by atoms with Gasteiger partial charge in [-0.15, -0.1) is 0 Å². The fourth-order valence-electron chi connectivity index (χ4n) is 1.00. The maximum absolute atomic E-state index is 5.70. The summed E-state index contributed by atoms with van der Waals surface area (Å²) in [6, 6.07) is 1.49. The lowest BCUT2D eigenvalue weighted by Gasteiger charge is -2.25. The molecule has 0 bridgehead atoms. The normalized spacial score (nSPS) is 16.7. The molecule has 1 aromatic heterocycles. The molecule has 76 valence electrons. The van der Waals surface area contributed by atoms with Crippen molar-refractivity contribution >= 4 is 23.2 Å². The lowest BCUT2D eigenvalue weighted by atomic mass is 10.3. The molecule has 0 N–H and O–H groups in total. The van der Waals surface area contributed by atoms with E-state index in [1.54, 1.807) is 0 Å². The minimum absolute atomic E-state index is 0.149. The van der Waals surface area contributed by atoms with Crippen LogP contribution in [0.5, 0.6) is 0 Å². The van der Waals surface area contributed by atoms with Crippen molar-refractivity contribution in [2.75, 3.05) is 13.2 Å². The molecule has 2 rings (SSSR count). The van der Waals surface area contributed by atoms with Crippen LogP contribution in [0, 0.1) is 0 Å². The third-order valence-corrected chi connectivity index (χ3v) is 2.15. The number of rotatable bonds is 3. The van der Waals surface area contributed by atoms with E-state index >= 15 is 0 Å². The predicted octanol–water partition coefficient (Wildman–Crippen LogP) is 1.70. The van der Waals surface area contributed by atoms with Gasteiger partial charge in [-0.2, -0.15) is 0 Å². The van der Waals surface area contributed by atoms with Gasteiger partial charge in [0.1, 0.15) is 23.0 Å². The van der Waals surface area contributed by atoms with E-state index in [0.717, 1.165) is 0 Å². The van der Waals surface area contributed by atoms with Crippen LogP contribution < -0.4 is 0 Å². The number of ether oxygens (including phenoxy) is 2. The van der Waals surface area contributed by atoms with Crippen molar-refractivity contribution in [1.29, 1.82) is 0 Å². The van der Waals surface area contributed by atoms with E-state index in [1.165, 1.54) is 6.07 Å². The molecule has 0 aromatic carbocycles. The number of halogens is 2. The van der Waals surface area contributed by atoms with E-state index in [-0.39, 0.29) is 6.10 Å². The fourth-order valence-corrected chi connectivity index (χ4v) is 1.46. The van der Waals surface area contributed by atoms with Crippen molar-refractivity contribution in [2.45, 2.75) is 12.7 Å². The van der Waals surface area contributed by atoms with Crippen LogP contribution >= 0.6 is 23.2 Å². The summed E-state index contributed by atoms with van der Waals surface area (Å²) in [6.07, 6.45) is 0.149. The molecule has 6 heteroatoms. The van der Waals surface area contributed by atoms with Gasteiger partial charge >= 0.3 is 0 Å². The van der Waals surface area contributed by atoms with Gasteiger partial charge in [-0.3, -0.25) is 0 Å². The summed E-state index contributed by atoms with van der Waals surface area (Å²) in [5.74, 6) is 0.495. The maximum atomic E-state index is 5.70. The Morgan fingerprint density at radius 2 is 2.00 bits per heavy atom. The van der Waals surface area contributed by atoms with E-state index in [9.17, 15) is 0 Å². The molecule has 1 fully saturated rings. The van der Waals surface area contributed by atoms with E-state index in [4.69, 9.17) is 32.7 Å². The molecule has 0 radical (unpaired) electrons. The van der Waals surface area contributed by atoms with E-state index in [2.05, 4.69) is 9.97 Å². The van der Waals surface area contributed by atoms with E-state index in [1.807, 2.05) is 0 Å². The topological polar surface area (TPSA) is 44.2 Å². The Bertz CT molecular complexity index is 311. The molecule has 1 aliphatic heterocycles. The summed E-state index contributed by atoms with van der Waals surface area (Å²) in [5.41, 5.74) is 0. The molecule has 14 heavy (non-hydrogen) atoms. The lowest BCUT2D eigenvalue weighted by molar-refractivity contribution is -0.136. The summed E-state index contributed by atoms with van der Waals surface area (Å²) in [4.78, 5) is 7.94. The maximum Gasteiger partial charge on any atom is 0.157 e. The molecule has 0 amide bonds. The Morgan fingerprint density at radius 3 is 2.50 bits per heavy atom. The van der Waals surface area contributed by atoms with Crippen molar-refractivity contribution < 1.29 is 9.47 Å². The zero-order valence-corrected chi connectivity index (χ0v) is 8.75. The van der Waals surface area contributed by atoms with Crippen molar-refractivity contribution in [3.63, 3.8) is 0 Å². The Balaban J connectivity index is 1.94. The van der Waals surface area contributed by atoms with Crippen LogP contribution in [0.1, 0.15) is 5.82 Å². The SMILES string of the molecule is Clc1cc(Cl)nc(COC2COC2)n1. The molecule has 1 saturated heterocycles. The highest BCUT2D eigenvalue weighted by Crippen LogP contribution is 2.13. The molecule has 2 heterocycles. The zero-order valence-electron chi connectivity index (χ0n) is 7.24. The minimum Gasteiger partial charge on any atom is -0.376 e. The summed E-state index contributed by atoms with van der Waals surface area (Å²) in [7, 11) is 0. The summed E-state index contributed by atoms with van der Waals surface area (Å²) in [5, 5.41) is 0.655. The van der Waals surface area contributed by atoms with Gasteiger partial charge in [-0.25, -0.2) is 9.97 Å². The van der Waals surface area contributed by atoms with Crippen LogP contribution in [0.3, 0.4) is 0 Å². The van der Waals surface area contributed by atoms with Crippen molar-refractivity contribution in [3.8, 4) is 0 Å². The Labute approximate surface area is 91.2 Å². The van der Waals surface area contributed by atoms with Crippen LogP contribution in [0.4, 0.5) is 0 Å². The first-order valence-corrected chi connectivity index (χ1v) is 4.88. The Morgan fingerprint density at radius 1 is 1.36 bits per heavy atom. The highest BCUT2D eigenvalue weighted by molar-refractivity contribution is 6.33. The highest BCUT2D eigenvalue weighted by atomic mass is 35.5. The fraction of sp³-hybridized carbons (Fsp3) is 0.500. The molecule has 0 saturated carbocycles. The monoisotopic (exact) mass is 234 g/mol. The van der Waals surface area contributed by atoms with Crippen molar-refractivity contribution in [3.05, 3.63) is 22.2 Å². The summed E-state index contributed by atoms with van der Waals surface area (Å²) in [6.45, 7) is 1.58. The van der Waals surface area contributed by atoms with Gasteiger partial charge in [0, 0.05) is 6.07 Å². The molecule has 1 aromatic rings. The van der Waals surface area contributed by atoms with Gasteiger partial charge in [-0.05, 0) is 0 Å². The molecule has 0 atom stereocenters. The second kappa shape index (κ2) is 4.40. The highest BCUT2D eigenvalue weighted by Gasteiger charge is 2.19. The standard InChI is InChI=1S/C8H8Cl2N2O2/c9-6-1-7(10)12-8(11-6)4-14-5-2-13-3-5/h1,5H,2-4H2. The van der Waals surface area contributed by atoms with Gasteiger partial charge in [0.2, 0.25) is 0 Å². The third kappa shape index (κ3) is 2.54. The first kappa shape index (κ1) is 10.1. The second-order valence-corrected chi connectivity index (χ2v) is 3.67. The van der Waals surface area contributed by atoms with E-state index < -0.39 is 0 Å². The van der Waals surface area contributed by atoms with Gasteiger partial charge in [-0.1, -0.05) is 23.2 Å². The van der Waals surface area contributed by atoms with Crippen LogP contribution in [0.25, 0.3) is 0 Å². The lowest BCUT2D eigenvalue weighted by Crippen LogP contribution is -2.36. The van der Waals surface area contributed by atoms with Gasteiger partial charge < -0.3 is 9.47 Å². The smallest absolute Gasteiger partial charge is 0.157 e. The predicted molar refractivity (Wildman–Crippen MR) is 51.4 cm³/mol. The molecular formula is C8H8Cl2N2O2. The van der Waals surface area contributed by atoms with Crippen molar-refractivity contribution in [2.24, 2.45) is 0 Å². The second-order valence-electron chi connectivity index (χ2n) is 2.90. The molecule has 1 aliphatic rings. The van der Waals surface area contributed by atoms with Crippen molar-refractivity contribution in [1.82, 2.24) is 9.97 Å². The van der Waals surface area contributed by atoms with E-state index in [0.29, 0.717) is 36.0 Å². The average molecular weight is 235 g/mol. The first-order valence-electron chi connectivity index (χ1n) is 4.12. The molecule has 0 spiro atoms. The molecule has 4 nitrogen and oxygen atoms in total. The molecular weight excluding hydrogens is 227 g/mol. The molecule has 0 aliphatic carbocycles. The van der Waals surface area contributed by atoms with Gasteiger partial charge in [0.25, 0.3) is 0 Å². The largest absolute Gasteiger partial charge is 0.376 e. The number of hydrogen-bond donors (Lipinski definition) is 0. The third-order valence-electron chi connectivity index (χ3n) is 1.77. The Hall–Kier alpha value is -0.420. The number of nitrogens with zero attached hydrogens (tertiary/aromatic N) is 2. The van der Waals surface area contributed by atoms with Crippen LogP contribution in [0.2, 0.25) is 10.3 Å². The quantitative estimate of drug-likeness (QED) is 0.748. The number of aromatic nitrogens is 2. The number of hydrogen-bond acceptors (Lipinski definition) is 4.